The Morgan fingerprint density at radius 2 is 0.838 bits per heavy atom. The average molecular weight is 544 g/mol. The van der Waals surface area contributed by atoms with Gasteiger partial charge >= 0.3 is 19.5 Å². The van der Waals surface area contributed by atoms with E-state index in [2.05, 4.69) is 0 Å². The van der Waals surface area contributed by atoms with E-state index in [0.29, 0.717) is 0 Å². The summed E-state index contributed by atoms with van der Waals surface area (Å²) in [4.78, 5) is 21.7. The molecule has 6 nitrogen and oxygen atoms in total. The van der Waals surface area contributed by atoms with Crippen LogP contribution in [0.2, 0.25) is 0 Å². The molecule has 0 atom stereocenters. The fraction of sp³-hybridized carbons (Fsp3) is 0. The summed E-state index contributed by atoms with van der Waals surface area (Å²) in [6.45, 7) is 0. The summed E-state index contributed by atoms with van der Waals surface area (Å²) in [7, 11) is 0. The fourth-order valence-corrected chi connectivity index (χ4v) is 2.98. The van der Waals surface area contributed by atoms with E-state index in [-0.39, 0.29) is 42.1 Å². The molecule has 0 aliphatic carbocycles. The Kier molecular flexibility index (Phi) is 12.1. The predicted octanol–water partition coefficient (Wildman–Crippen LogP) is 4.20. The number of carboxylic acid groups (broad SMARTS) is 2. The van der Waals surface area contributed by atoms with Gasteiger partial charge in [-0.15, -0.1) is 0 Å². The minimum atomic E-state index is -1.25. The monoisotopic (exact) mass is 542 g/mol. The number of ether oxygens (including phenoxy) is 2. The molecule has 7 heteroatoms. The van der Waals surface area contributed by atoms with E-state index >= 15 is 0 Å². The summed E-state index contributed by atoms with van der Waals surface area (Å²) >= 11 is 0. The Labute approximate surface area is 227 Å². The SMILES string of the molecule is O=C([O-])c1ccccc1OC=Cc1ccccc1.O=C([O-])c1ccccc1OC=Cc1ccccc1.[Zn+2]. The summed E-state index contributed by atoms with van der Waals surface area (Å²) in [6, 6.07) is 31.9. The van der Waals surface area contributed by atoms with Crippen molar-refractivity contribution in [1.29, 1.82) is 0 Å². The third kappa shape index (κ3) is 9.59. The largest absolute Gasteiger partial charge is 2.00 e. The molecule has 0 saturated carbocycles. The van der Waals surface area contributed by atoms with Crippen LogP contribution in [0.15, 0.2) is 122 Å². The Morgan fingerprint density at radius 1 is 0.514 bits per heavy atom. The molecule has 0 unspecified atom stereocenters. The molecule has 4 aromatic carbocycles. The zero-order valence-corrected chi connectivity index (χ0v) is 22.8. The van der Waals surface area contributed by atoms with Crippen molar-refractivity contribution in [3.05, 3.63) is 144 Å². The molecule has 0 saturated heterocycles. The van der Waals surface area contributed by atoms with E-state index in [0.717, 1.165) is 11.1 Å². The number of para-hydroxylation sites is 2. The van der Waals surface area contributed by atoms with Crippen LogP contribution in [0.5, 0.6) is 11.5 Å². The fourth-order valence-electron chi connectivity index (χ4n) is 2.98. The number of carboxylic acids is 2. The van der Waals surface area contributed by atoms with Crippen LogP contribution in [0, 0.1) is 0 Å². The quantitative estimate of drug-likeness (QED) is 0.244. The van der Waals surface area contributed by atoms with E-state index in [4.69, 9.17) is 9.47 Å². The van der Waals surface area contributed by atoms with Gasteiger partial charge in [-0.2, -0.15) is 0 Å². The third-order valence-corrected chi connectivity index (χ3v) is 4.72. The first-order valence-corrected chi connectivity index (χ1v) is 10.9. The summed E-state index contributed by atoms with van der Waals surface area (Å²) in [6.07, 6.45) is 6.42. The van der Waals surface area contributed by atoms with Gasteiger partial charge in [-0.05, 0) is 47.5 Å². The number of hydrogen-bond donors (Lipinski definition) is 0. The van der Waals surface area contributed by atoms with Gasteiger partial charge in [0.05, 0.1) is 24.5 Å². The topological polar surface area (TPSA) is 98.7 Å². The van der Waals surface area contributed by atoms with E-state index in [1.54, 1.807) is 48.6 Å². The first-order valence-electron chi connectivity index (χ1n) is 10.9. The zero-order chi connectivity index (χ0) is 25.6. The van der Waals surface area contributed by atoms with E-state index in [1.165, 1.54) is 24.7 Å². The van der Waals surface area contributed by atoms with Gasteiger partial charge in [0.2, 0.25) is 0 Å². The van der Waals surface area contributed by atoms with Gasteiger partial charge < -0.3 is 29.3 Å². The second-order valence-corrected chi connectivity index (χ2v) is 7.23. The minimum absolute atomic E-state index is 0. The van der Waals surface area contributed by atoms with Crippen molar-refractivity contribution in [2.75, 3.05) is 0 Å². The summed E-state index contributed by atoms with van der Waals surface area (Å²) < 4.78 is 10.6. The molecule has 180 valence electrons. The molecular weight excluding hydrogens is 522 g/mol. The molecule has 0 aliphatic heterocycles. The Morgan fingerprint density at radius 3 is 1.19 bits per heavy atom. The van der Waals surface area contributed by atoms with Crippen molar-refractivity contribution in [2.24, 2.45) is 0 Å². The van der Waals surface area contributed by atoms with E-state index in [9.17, 15) is 19.8 Å². The standard InChI is InChI=1S/2C15H12O3.Zn/c2*16-15(17)13-8-4-5-9-14(13)18-11-10-12-6-2-1-3-7-12;/h2*1-11H,(H,16,17);/q;;+2/p-2. The van der Waals surface area contributed by atoms with Gasteiger partial charge in [0.1, 0.15) is 11.5 Å². The van der Waals surface area contributed by atoms with Gasteiger partial charge in [0, 0.05) is 11.1 Å². The summed E-state index contributed by atoms with van der Waals surface area (Å²) in [5, 5.41) is 21.7. The molecule has 0 aromatic heterocycles. The maximum absolute atomic E-state index is 10.8. The number of carbonyl (C=O) groups is 2. The summed E-state index contributed by atoms with van der Waals surface area (Å²) in [5.41, 5.74) is 2.03. The van der Waals surface area contributed by atoms with Crippen molar-refractivity contribution in [3.8, 4) is 11.5 Å². The van der Waals surface area contributed by atoms with E-state index in [1.807, 2.05) is 60.7 Å². The van der Waals surface area contributed by atoms with Crippen molar-refractivity contribution < 1.29 is 48.8 Å². The molecule has 0 radical (unpaired) electrons. The van der Waals surface area contributed by atoms with Crippen LogP contribution in [0.1, 0.15) is 31.8 Å². The summed E-state index contributed by atoms with van der Waals surface area (Å²) in [5.74, 6) is -1.97. The van der Waals surface area contributed by atoms with Gasteiger partial charge in [-0.3, -0.25) is 0 Å². The number of benzene rings is 4. The van der Waals surface area contributed by atoms with Crippen LogP contribution in [0.4, 0.5) is 0 Å². The molecule has 0 heterocycles. The Bertz CT molecular complexity index is 1230. The smallest absolute Gasteiger partial charge is 0.545 e. The second kappa shape index (κ2) is 15.5. The molecule has 4 aromatic rings. The normalized spacial score (nSPS) is 10.2. The zero-order valence-electron chi connectivity index (χ0n) is 19.9. The molecule has 4 rings (SSSR count). The molecule has 0 N–H and O–H groups in total. The molecule has 0 aliphatic rings. The number of carbonyl (C=O) groups excluding carboxylic acids is 2. The van der Waals surface area contributed by atoms with Crippen LogP contribution in [0.25, 0.3) is 12.2 Å². The second-order valence-electron chi connectivity index (χ2n) is 7.23. The van der Waals surface area contributed by atoms with Gasteiger partial charge in [0.15, 0.2) is 0 Å². The van der Waals surface area contributed by atoms with Crippen LogP contribution in [-0.4, -0.2) is 11.9 Å². The van der Waals surface area contributed by atoms with Crippen molar-refractivity contribution in [2.45, 2.75) is 0 Å². The van der Waals surface area contributed by atoms with Crippen molar-refractivity contribution >= 4 is 24.1 Å². The maximum Gasteiger partial charge on any atom is 2.00 e. The molecule has 0 bridgehead atoms. The molecular formula is C30H22O6Zn. The van der Waals surface area contributed by atoms with Crippen LogP contribution in [-0.2, 0) is 19.5 Å². The number of rotatable bonds is 8. The number of aromatic carboxylic acids is 2. The Hall–Kier alpha value is -4.48. The Balaban J connectivity index is 0.000000253. The van der Waals surface area contributed by atoms with Gasteiger partial charge in [-0.1, -0.05) is 84.9 Å². The minimum Gasteiger partial charge on any atom is -0.545 e. The van der Waals surface area contributed by atoms with Gasteiger partial charge in [-0.25, -0.2) is 0 Å². The molecule has 37 heavy (non-hydrogen) atoms. The number of hydrogen-bond acceptors (Lipinski definition) is 6. The first-order chi connectivity index (χ1) is 17.5. The van der Waals surface area contributed by atoms with Crippen molar-refractivity contribution in [1.82, 2.24) is 0 Å². The van der Waals surface area contributed by atoms with Crippen LogP contribution >= 0.6 is 0 Å². The predicted molar refractivity (Wildman–Crippen MR) is 134 cm³/mol. The first kappa shape index (κ1) is 28.8. The molecule has 0 spiro atoms. The van der Waals surface area contributed by atoms with Gasteiger partial charge in [0.25, 0.3) is 0 Å². The van der Waals surface area contributed by atoms with Crippen LogP contribution in [0.3, 0.4) is 0 Å². The molecule has 0 amide bonds. The van der Waals surface area contributed by atoms with Crippen molar-refractivity contribution in [3.63, 3.8) is 0 Å². The third-order valence-electron chi connectivity index (χ3n) is 4.72. The average Bonchev–Trinajstić information content (AvgIpc) is 2.91. The maximum atomic E-state index is 10.8. The van der Waals surface area contributed by atoms with E-state index < -0.39 is 11.9 Å². The molecule has 0 fully saturated rings. The van der Waals surface area contributed by atoms with Crippen LogP contribution < -0.4 is 19.7 Å².